The first-order chi connectivity index (χ1) is 8.35. The molecule has 1 aliphatic rings. The summed E-state index contributed by atoms with van der Waals surface area (Å²) in [4.78, 5) is 0. The van der Waals surface area contributed by atoms with Crippen molar-refractivity contribution in [3.05, 3.63) is 29.8 Å². The number of hydrogen-bond acceptors (Lipinski definition) is 2. The molecule has 1 fully saturated rings. The van der Waals surface area contributed by atoms with E-state index in [1.807, 2.05) is 24.3 Å². The molecule has 0 saturated heterocycles. The molecule has 2 nitrogen and oxygen atoms in total. The molecule has 0 amide bonds. The Morgan fingerprint density at radius 3 is 2.71 bits per heavy atom. The van der Waals surface area contributed by atoms with Crippen LogP contribution in [0.25, 0.3) is 0 Å². The van der Waals surface area contributed by atoms with Gasteiger partial charge >= 0.3 is 0 Å². The predicted octanol–water partition coefficient (Wildman–Crippen LogP) is 3.88. The van der Waals surface area contributed by atoms with Gasteiger partial charge in [-0.05, 0) is 36.5 Å². The first-order valence-corrected chi connectivity index (χ1v) is 6.38. The van der Waals surface area contributed by atoms with E-state index in [2.05, 4.69) is 6.07 Å². The van der Waals surface area contributed by atoms with Gasteiger partial charge in [-0.25, -0.2) is 0 Å². The standard InChI is InChI=1S/C15H19NO/c1-17-14-9-5-8-13(10-14)15(11-16)12-6-3-2-4-7-12/h5,8-10,12,15H,2-4,6-7H2,1H3. The maximum atomic E-state index is 9.40. The summed E-state index contributed by atoms with van der Waals surface area (Å²) in [5, 5.41) is 9.40. The number of methoxy groups -OCH3 is 1. The van der Waals surface area contributed by atoms with Crippen LogP contribution in [-0.2, 0) is 0 Å². The Bertz CT molecular complexity index is 402. The highest BCUT2D eigenvalue weighted by molar-refractivity contribution is 5.34. The van der Waals surface area contributed by atoms with Gasteiger partial charge in [0.2, 0.25) is 0 Å². The maximum Gasteiger partial charge on any atom is 0.119 e. The third-order valence-electron chi connectivity index (χ3n) is 3.71. The van der Waals surface area contributed by atoms with Crippen molar-refractivity contribution in [3.8, 4) is 11.8 Å². The molecular weight excluding hydrogens is 210 g/mol. The molecule has 0 bridgehead atoms. The summed E-state index contributed by atoms with van der Waals surface area (Å²) < 4.78 is 5.23. The second-order valence-corrected chi connectivity index (χ2v) is 4.78. The average molecular weight is 229 g/mol. The lowest BCUT2D eigenvalue weighted by molar-refractivity contribution is 0.335. The molecule has 90 valence electrons. The lowest BCUT2D eigenvalue weighted by Gasteiger charge is -2.26. The summed E-state index contributed by atoms with van der Waals surface area (Å²) in [6, 6.07) is 10.4. The van der Waals surface area contributed by atoms with Crippen molar-refractivity contribution in [3.63, 3.8) is 0 Å². The molecule has 1 atom stereocenters. The molecule has 1 aromatic rings. The second kappa shape index (κ2) is 5.72. The van der Waals surface area contributed by atoms with Crippen LogP contribution in [0.5, 0.6) is 5.75 Å². The number of nitriles is 1. The fourth-order valence-corrected chi connectivity index (χ4v) is 2.75. The van der Waals surface area contributed by atoms with Crippen LogP contribution in [0.4, 0.5) is 0 Å². The van der Waals surface area contributed by atoms with Crippen LogP contribution in [0, 0.1) is 17.2 Å². The SMILES string of the molecule is COc1cccc(C(C#N)C2CCCCC2)c1. The fraction of sp³-hybridized carbons (Fsp3) is 0.533. The van der Waals surface area contributed by atoms with Crippen LogP contribution in [-0.4, -0.2) is 7.11 Å². The molecule has 0 N–H and O–H groups in total. The predicted molar refractivity (Wildman–Crippen MR) is 67.9 cm³/mol. The highest BCUT2D eigenvalue weighted by Gasteiger charge is 2.25. The van der Waals surface area contributed by atoms with Gasteiger partial charge < -0.3 is 4.74 Å². The minimum atomic E-state index is 0.0328. The molecule has 1 aromatic carbocycles. The zero-order valence-electron chi connectivity index (χ0n) is 10.4. The molecule has 2 rings (SSSR count). The van der Waals surface area contributed by atoms with Crippen LogP contribution in [0.3, 0.4) is 0 Å². The van der Waals surface area contributed by atoms with Gasteiger partial charge in [0.05, 0.1) is 19.1 Å². The van der Waals surface area contributed by atoms with Gasteiger partial charge in [0.1, 0.15) is 5.75 Å². The van der Waals surface area contributed by atoms with Crippen molar-refractivity contribution in [2.75, 3.05) is 7.11 Å². The normalized spacial score (nSPS) is 18.4. The zero-order valence-corrected chi connectivity index (χ0v) is 10.4. The van der Waals surface area contributed by atoms with E-state index in [1.54, 1.807) is 7.11 Å². The van der Waals surface area contributed by atoms with Crippen LogP contribution in [0.15, 0.2) is 24.3 Å². The molecule has 1 aliphatic carbocycles. The van der Waals surface area contributed by atoms with Gasteiger partial charge in [-0.3, -0.25) is 0 Å². The Morgan fingerprint density at radius 1 is 1.29 bits per heavy atom. The highest BCUT2D eigenvalue weighted by Crippen LogP contribution is 2.36. The lowest BCUT2D eigenvalue weighted by Crippen LogP contribution is -2.15. The molecule has 0 aliphatic heterocycles. The number of nitrogens with zero attached hydrogens (tertiary/aromatic N) is 1. The van der Waals surface area contributed by atoms with E-state index in [0.717, 1.165) is 11.3 Å². The van der Waals surface area contributed by atoms with E-state index >= 15 is 0 Å². The largest absolute Gasteiger partial charge is 0.497 e. The Labute approximate surface area is 103 Å². The molecule has 1 saturated carbocycles. The summed E-state index contributed by atoms with van der Waals surface area (Å²) in [7, 11) is 1.67. The Morgan fingerprint density at radius 2 is 2.06 bits per heavy atom. The summed E-state index contributed by atoms with van der Waals surface area (Å²) in [5.74, 6) is 1.41. The first-order valence-electron chi connectivity index (χ1n) is 6.38. The van der Waals surface area contributed by atoms with Gasteiger partial charge in [0.15, 0.2) is 0 Å². The topological polar surface area (TPSA) is 33.0 Å². The van der Waals surface area contributed by atoms with Crippen molar-refractivity contribution in [2.45, 2.75) is 38.0 Å². The minimum absolute atomic E-state index is 0.0328. The quantitative estimate of drug-likeness (QED) is 0.788. The molecule has 0 heterocycles. The molecule has 1 unspecified atom stereocenters. The number of hydrogen-bond donors (Lipinski definition) is 0. The number of ether oxygens (including phenoxy) is 1. The first kappa shape index (κ1) is 12.0. The highest BCUT2D eigenvalue weighted by atomic mass is 16.5. The smallest absolute Gasteiger partial charge is 0.119 e. The monoisotopic (exact) mass is 229 g/mol. The van der Waals surface area contributed by atoms with Crippen LogP contribution >= 0.6 is 0 Å². The molecule has 17 heavy (non-hydrogen) atoms. The fourth-order valence-electron chi connectivity index (χ4n) is 2.75. The lowest BCUT2D eigenvalue weighted by atomic mass is 9.77. The van der Waals surface area contributed by atoms with E-state index in [-0.39, 0.29) is 5.92 Å². The zero-order chi connectivity index (χ0) is 12.1. The van der Waals surface area contributed by atoms with Crippen molar-refractivity contribution in [1.29, 1.82) is 5.26 Å². The summed E-state index contributed by atoms with van der Waals surface area (Å²) in [5.41, 5.74) is 1.11. The van der Waals surface area contributed by atoms with Crippen LogP contribution in [0.2, 0.25) is 0 Å². The van der Waals surface area contributed by atoms with E-state index < -0.39 is 0 Å². The summed E-state index contributed by atoms with van der Waals surface area (Å²) in [6.45, 7) is 0. The van der Waals surface area contributed by atoms with Gasteiger partial charge in [-0.15, -0.1) is 0 Å². The van der Waals surface area contributed by atoms with E-state index in [4.69, 9.17) is 4.74 Å². The molecule has 2 heteroatoms. The molecule has 0 spiro atoms. The van der Waals surface area contributed by atoms with Gasteiger partial charge in [0.25, 0.3) is 0 Å². The Balaban J connectivity index is 2.19. The summed E-state index contributed by atoms with van der Waals surface area (Å²) in [6.07, 6.45) is 6.25. The van der Waals surface area contributed by atoms with Crippen LogP contribution in [0.1, 0.15) is 43.6 Å². The number of rotatable bonds is 3. The van der Waals surface area contributed by atoms with Crippen LogP contribution < -0.4 is 4.74 Å². The third kappa shape index (κ3) is 2.79. The van der Waals surface area contributed by atoms with E-state index in [9.17, 15) is 5.26 Å². The van der Waals surface area contributed by atoms with Crippen molar-refractivity contribution in [2.24, 2.45) is 5.92 Å². The van der Waals surface area contributed by atoms with Gasteiger partial charge in [0, 0.05) is 0 Å². The van der Waals surface area contributed by atoms with Crippen molar-refractivity contribution >= 4 is 0 Å². The van der Waals surface area contributed by atoms with Gasteiger partial charge in [-0.1, -0.05) is 31.4 Å². The van der Waals surface area contributed by atoms with Crippen molar-refractivity contribution in [1.82, 2.24) is 0 Å². The minimum Gasteiger partial charge on any atom is -0.497 e. The van der Waals surface area contributed by atoms with Crippen molar-refractivity contribution < 1.29 is 4.74 Å². The third-order valence-corrected chi connectivity index (χ3v) is 3.71. The molecule has 0 aromatic heterocycles. The van der Waals surface area contributed by atoms with E-state index in [0.29, 0.717) is 5.92 Å². The van der Waals surface area contributed by atoms with Gasteiger partial charge in [-0.2, -0.15) is 5.26 Å². The summed E-state index contributed by atoms with van der Waals surface area (Å²) >= 11 is 0. The maximum absolute atomic E-state index is 9.40. The molecular formula is C15H19NO. The Hall–Kier alpha value is -1.49. The number of benzene rings is 1. The second-order valence-electron chi connectivity index (χ2n) is 4.78. The molecule has 0 radical (unpaired) electrons. The Kier molecular flexibility index (Phi) is 4.03. The average Bonchev–Trinajstić information content (AvgIpc) is 2.41. The van der Waals surface area contributed by atoms with E-state index in [1.165, 1.54) is 32.1 Å².